The number of hydrogen-bond acceptors (Lipinski definition) is 3. The first-order valence-corrected chi connectivity index (χ1v) is 6.54. The molecule has 1 aliphatic rings. The van der Waals surface area contributed by atoms with Gasteiger partial charge in [-0.1, -0.05) is 11.6 Å². The Bertz CT molecular complexity index is 429. The van der Waals surface area contributed by atoms with Crippen molar-refractivity contribution < 1.29 is 9.90 Å². The van der Waals surface area contributed by atoms with Crippen molar-refractivity contribution in [1.29, 1.82) is 0 Å². The molecule has 18 heavy (non-hydrogen) atoms. The minimum Gasteiger partial charge on any atom is -0.393 e. The van der Waals surface area contributed by atoms with E-state index in [0.717, 1.165) is 12.8 Å². The predicted octanol–water partition coefficient (Wildman–Crippen LogP) is 1.97. The quantitative estimate of drug-likeness (QED) is 0.892. The molecule has 0 radical (unpaired) electrons. The summed E-state index contributed by atoms with van der Waals surface area (Å²) in [6.07, 6.45) is 4.43. The molecule has 1 unspecified atom stereocenters. The van der Waals surface area contributed by atoms with Crippen LogP contribution < -0.4 is 0 Å². The SMILES string of the molecule is CC(O)C1CCN(C(=O)c2ccncc2Cl)CC1. The van der Waals surface area contributed by atoms with Crippen LogP contribution >= 0.6 is 11.6 Å². The van der Waals surface area contributed by atoms with E-state index in [1.54, 1.807) is 17.2 Å². The fourth-order valence-corrected chi connectivity index (χ4v) is 2.50. The van der Waals surface area contributed by atoms with E-state index in [1.807, 2.05) is 6.92 Å². The van der Waals surface area contributed by atoms with E-state index >= 15 is 0 Å². The second-order valence-electron chi connectivity index (χ2n) is 4.73. The van der Waals surface area contributed by atoms with Gasteiger partial charge in [0, 0.05) is 25.5 Å². The molecule has 98 valence electrons. The third-order valence-corrected chi connectivity index (χ3v) is 3.81. The second-order valence-corrected chi connectivity index (χ2v) is 5.13. The van der Waals surface area contributed by atoms with Gasteiger partial charge in [-0.15, -0.1) is 0 Å². The first kappa shape index (κ1) is 13.3. The van der Waals surface area contributed by atoms with Crippen LogP contribution in [0.4, 0.5) is 0 Å². The molecule has 0 bridgehead atoms. The van der Waals surface area contributed by atoms with E-state index in [-0.39, 0.29) is 12.0 Å². The summed E-state index contributed by atoms with van der Waals surface area (Å²) in [5.41, 5.74) is 0.502. The zero-order valence-corrected chi connectivity index (χ0v) is 11.1. The number of carbonyl (C=O) groups excluding carboxylic acids is 1. The number of nitrogens with zero attached hydrogens (tertiary/aromatic N) is 2. The zero-order chi connectivity index (χ0) is 13.1. The highest BCUT2D eigenvalue weighted by Gasteiger charge is 2.26. The van der Waals surface area contributed by atoms with Crippen LogP contribution in [0.15, 0.2) is 18.5 Å². The molecule has 1 fully saturated rings. The third-order valence-electron chi connectivity index (χ3n) is 3.51. The highest BCUT2D eigenvalue weighted by atomic mass is 35.5. The van der Waals surface area contributed by atoms with Gasteiger partial charge in [-0.2, -0.15) is 0 Å². The Morgan fingerprint density at radius 3 is 2.78 bits per heavy atom. The number of amides is 1. The van der Waals surface area contributed by atoms with E-state index in [2.05, 4.69) is 4.98 Å². The Hall–Kier alpha value is -1.13. The van der Waals surface area contributed by atoms with Crippen molar-refractivity contribution in [2.45, 2.75) is 25.9 Å². The van der Waals surface area contributed by atoms with Crippen LogP contribution in [0.2, 0.25) is 5.02 Å². The van der Waals surface area contributed by atoms with Crippen LogP contribution in [0.3, 0.4) is 0 Å². The molecule has 2 heterocycles. The molecule has 0 saturated carbocycles. The third kappa shape index (κ3) is 2.82. The van der Waals surface area contributed by atoms with Crippen molar-refractivity contribution in [3.8, 4) is 0 Å². The Kier molecular flexibility index (Phi) is 4.19. The fraction of sp³-hybridized carbons (Fsp3) is 0.538. The minimum atomic E-state index is -0.299. The normalized spacial score (nSPS) is 18.7. The fourth-order valence-electron chi connectivity index (χ4n) is 2.30. The smallest absolute Gasteiger partial charge is 0.255 e. The van der Waals surface area contributed by atoms with Gasteiger partial charge in [0.15, 0.2) is 0 Å². The summed E-state index contributed by atoms with van der Waals surface area (Å²) >= 11 is 5.97. The molecule has 5 heteroatoms. The molecule has 4 nitrogen and oxygen atoms in total. The summed E-state index contributed by atoms with van der Waals surface area (Å²) in [7, 11) is 0. The number of halogens is 1. The van der Waals surface area contributed by atoms with E-state index in [9.17, 15) is 9.90 Å². The Labute approximate surface area is 112 Å². The maximum atomic E-state index is 12.2. The molecule has 2 rings (SSSR count). The minimum absolute atomic E-state index is 0.0496. The number of aliphatic hydroxyl groups excluding tert-OH is 1. The van der Waals surface area contributed by atoms with Crippen LogP contribution in [0, 0.1) is 5.92 Å². The topological polar surface area (TPSA) is 53.4 Å². The van der Waals surface area contributed by atoms with Crippen molar-refractivity contribution in [1.82, 2.24) is 9.88 Å². The molecule has 1 aromatic rings. The molecule has 0 aliphatic carbocycles. The predicted molar refractivity (Wildman–Crippen MR) is 69.6 cm³/mol. The number of pyridine rings is 1. The summed E-state index contributed by atoms with van der Waals surface area (Å²) in [6, 6.07) is 1.64. The van der Waals surface area contributed by atoms with E-state index in [0.29, 0.717) is 29.6 Å². The lowest BCUT2D eigenvalue weighted by Crippen LogP contribution is -2.40. The summed E-state index contributed by atoms with van der Waals surface area (Å²) in [6.45, 7) is 3.15. The number of aliphatic hydroxyl groups is 1. The molecule has 1 aromatic heterocycles. The molecular formula is C13H17ClN2O2. The summed E-state index contributed by atoms with van der Waals surface area (Å²) in [5, 5.41) is 9.92. The van der Waals surface area contributed by atoms with Crippen LogP contribution in [0.25, 0.3) is 0 Å². The average Bonchev–Trinajstić information content (AvgIpc) is 2.38. The maximum absolute atomic E-state index is 12.2. The lowest BCUT2D eigenvalue weighted by atomic mass is 9.92. The van der Waals surface area contributed by atoms with Crippen molar-refractivity contribution in [3.63, 3.8) is 0 Å². The van der Waals surface area contributed by atoms with Gasteiger partial charge in [0.2, 0.25) is 0 Å². The average molecular weight is 269 g/mol. The Morgan fingerprint density at radius 2 is 2.22 bits per heavy atom. The molecular weight excluding hydrogens is 252 g/mol. The first-order chi connectivity index (χ1) is 8.59. The number of aromatic nitrogens is 1. The van der Waals surface area contributed by atoms with Crippen molar-refractivity contribution in [2.24, 2.45) is 5.92 Å². The molecule has 1 atom stereocenters. The number of carbonyl (C=O) groups is 1. The first-order valence-electron chi connectivity index (χ1n) is 6.16. The number of piperidine rings is 1. The van der Waals surface area contributed by atoms with Crippen LogP contribution in [-0.4, -0.2) is 40.1 Å². The highest BCUT2D eigenvalue weighted by molar-refractivity contribution is 6.33. The standard InChI is InChI=1S/C13H17ClN2O2/c1-9(17)10-3-6-16(7-4-10)13(18)11-2-5-15-8-12(11)14/h2,5,8-10,17H,3-4,6-7H2,1H3. The van der Waals surface area contributed by atoms with Crippen molar-refractivity contribution in [2.75, 3.05) is 13.1 Å². The largest absolute Gasteiger partial charge is 0.393 e. The van der Waals surface area contributed by atoms with E-state index < -0.39 is 0 Å². The molecule has 0 spiro atoms. The van der Waals surface area contributed by atoms with Gasteiger partial charge in [-0.25, -0.2) is 0 Å². The summed E-state index contributed by atoms with van der Waals surface area (Å²) in [4.78, 5) is 17.9. The van der Waals surface area contributed by atoms with E-state index in [4.69, 9.17) is 11.6 Å². The lowest BCUT2D eigenvalue weighted by molar-refractivity contribution is 0.0521. The lowest BCUT2D eigenvalue weighted by Gasteiger charge is -2.33. The summed E-state index contributed by atoms with van der Waals surface area (Å²) in [5.74, 6) is 0.244. The molecule has 1 saturated heterocycles. The van der Waals surface area contributed by atoms with Gasteiger partial charge in [0.25, 0.3) is 5.91 Å². The van der Waals surface area contributed by atoms with Crippen LogP contribution in [0.5, 0.6) is 0 Å². The molecule has 0 aromatic carbocycles. The number of hydrogen-bond donors (Lipinski definition) is 1. The second kappa shape index (κ2) is 5.67. The molecule has 1 amide bonds. The van der Waals surface area contributed by atoms with Gasteiger partial charge in [-0.05, 0) is 31.7 Å². The number of likely N-dealkylation sites (tertiary alicyclic amines) is 1. The van der Waals surface area contributed by atoms with Gasteiger partial charge in [0.1, 0.15) is 0 Å². The van der Waals surface area contributed by atoms with Crippen molar-refractivity contribution in [3.05, 3.63) is 29.0 Å². The monoisotopic (exact) mass is 268 g/mol. The van der Waals surface area contributed by atoms with E-state index in [1.165, 1.54) is 6.20 Å². The van der Waals surface area contributed by atoms with Gasteiger partial charge in [-0.3, -0.25) is 9.78 Å². The highest BCUT2D eigenvalue weighted by Crippen LogP contribution is 2.23. The molecule has 1 aliphatic heterocycles. The van der Waals surface area contributed by atoms with Crippen LogP contribution in [-0.2, 0) is 0 Å². The number of rotatable bonds is 2. The van der Waals surface area contributed by atoms with Gasteiger partial charge >= 0.3 is 0 Å². The molecule has 1 N–H and O–H groups in total. The van der Waals surface area contributed by atoms with Crippen molar-refractivity contribution >= 4 is 17.5 Å². The maximum Gasteiger partial charge on any atom is 0.255 e. The summed E-state index contributed by atoms with van der Waals surface area (Å²) < 4.78 is 0. The zero-order valence-electron chi connectivity index (χ0n) is 10.3. The Balaban J connectivity index is 2.02. The van der Waals surface area contributed by atoms with Gasteiger partial charge in [0.05, 0.1) is 16.7 Å². The Morgan fingerprint density at radius 1 is 1.56 bits per heavy atom. The van der Waals surface area contributed by atoms with Crippen LogP contribution in [0.1, 0.15) is 30.1 Å². The van der Waals surface area contributed by atoms with Gasteiger partial charge < -0.3 is 10.0 Å².